The first kappa shape index (κ1) is 11.7. The van der Waals surface area contributed by atoms with Gasteiger partial charge in [-0.05, 0) is 25.1 Å². The highest BCUT2D eigenvalue weighted by Crippen LogP contribution is 2.15. The number of aryl methyl sites for hydroxylation is 1. The molecule has 0 aliphatic rings. The zero-order chi connectivity index (χ0) is 12.4. The number of hydrogen-bond acceptors (Lipinski definition) is 4. The van der Waals surface area contributed by atoms with E-state index in [1.807, 2.05) is 12.3 Å². The number of carbonyl (C=O) groups is 1. The van der Waals surface area contributed by atoms with Crippen molar-refractivity contribution in [2.45, 2.75) is 13.3 Å². The van der Waals surface area contributed by atoms with Gasteiger partial charge in [-0.2, -0.15) is 0 Å². The Bertz CT molecular complexity index is 565. The smallest absolute Gasteiger partial charge is 0.168 e. The number of carbonyl (C=O) groups excluding carboxylic acids is 1. The van der Waals surface area contributed by atoms with E-state index in [0.29, 0.717) is 5.56 Å². The number of halogens is 1. The van der Waals surface area contributed by atoms with E-state index >= 15 is 0 Å². The average molecular weight is 250 g/mol. The van der Waals surface area contributed by atoms with E-state index in [-0.39, 0.29) is 17.9 Å². The molecule has 3 nitrogen and oxygen atoms in total. The van der Waals surface area contributed by atoms with Gasteiger partial charge in [0.25, 0.3) is 0 Å². The summed E-state index contributed by atoms with van der Waals surface area (Å²) in [6.07, 6.45) is 0.188. The van der Waals surface area contributed by atoms with E-state index in [9.17, 15) is 9.18 Å². The summed E-state index contributed by atoms with van der Waals surface area (Å²) in [5.41, 5.74) is 6.43. The predicted molar refractivity (Wildman–Crippen MR) is 65.7 cm³/mol. The second kappa shape index (κ2) is 4.63. The van der Waals surface area contributed by atoms with E-state index in [0.717, 1.165) is 16.8 Å². The van der Waals surface area contributed by atoms with Gasteiger partial charge < -0.3 is 5.73 Å². The van der Waals surface area contributed by atoms with Gasteiger partial charge >= 0.3 is 0 Å². The maximum atomic E-state index is 13.2. The highest BCUT2D eigenvalue weighted by molar-refractivity contribution is 7.09. The van der Waals surface area contributed by atoms with Crippen molar-refractivity contribution in [3.63, 3.8) is 0 Å². The quantitative estimate of drug-likeness (QED) is 0.673. The van der Waals surface area contributed by atoms with E-state index in [1.165, 1.54) is 23.5 Å². The Balaban J connectivity index is 2.17. The van der Waals surface area contributed by atoms with Crippen molar-refractivity contribution in [1.82, 2.24) is 4.98 Å². The van der Waals surface area contributed by atoms with Crippen LogP contribution < -0.4 is 5.73 Å². The number of anilines is 1. The largest absolute Gasteiger partial charge is 0.396 e. The first-order valence-electron chi connectivity index (χ1n) is 5.05. The Labute approximate surface area is 102 Å². The summed E-state index contributed by atoms with van der Waals surface area (Å²) in [5.74, 6) is -0.723. The van der Waals surface area contributed by atoms with E-state index in [1.54, 1.807) is 0 Å². The molecule has 0 aliphatic carbocycles. The minimum absolute atomic E-state index is 0.0473. The van der Waals surface area contributed by atoms with Crippen LogP contribution in [0.15, 0.2) is 23.6 Å². The summed E-state index contributed by atoms with van der Waals surface area (Å²) in [7, 11) is 0. The molecule has 0 amide bonds. The Kier molecular flexibility index (Phi) is 3.19. The molecule has 2 aromatic rings. The number of hydrogen-bond donors (Lipinski definition) is 1. The van der Waals surface area contributed by atoms with Crippen LogP contribution in [0.2, 0.25) is 0 Å². The summed E-state index contributed by atoms with van der Waals surface area (Å²) < 4.78 is 13.2. The van der Waals surface area contributed by atoms with Crippen LogP contribution >= 0.6 is 11.3 Å². The average Bonchev–Trinajstić information content (AvgIpc) is 2.68. The van der Waals surface area contributed by atoms with Gasteiger partial charge in [0.1, 0.15) is 5.82 Å². The van der Waals surface area contributed by atoms with Gasteiger partial charge in [-0.1, -0.05) is 0 Å². The van der Waals surface area contributed by atoms with Crippen molar-refractivity contribution in [2.75, 3.05) is 5.73 Å². The van der Waals surface area contributed by atoms with Crippen LogP contribution in [0.4, 0.5) is 10.1 Å². The van der Waals surface area contributed by atoms with Gasteiger partial charge in [0.15, 0.2) is 5.78 Å². The number of nitrogens with two attached hydrogens (primary N) is 1. The lowest BCUT2D eigenvalue weighted by molar-refractivity contribution is 0.0991. The Morgan fingerprint density at radius 1 is 1.53 bits per heavy atom. The second-order valence-electron chi connectivity index (χ2n) is 3.69. The third-order valence-electron chi connectivity index (χ3n) is 2.33. The van der Waals surface area contributed by atoms with Crippen molar-refractivity contribution in [3.8, 4) is 0 Å². The topological polar surface area (TPSA) is 56.0 Å². The number of nitrogen functional groups attached to an aromatic ring is 1. The molecule has 0 aliphatic heterocycles. The molecular formula is C12H11FN2OS. The predicted octanol–water partition coefficient (Wildman–Crippen LogP) is 2.60. The highest BCUT2D eigenvalue weighted by Gasteiger charge is 2.11. The van der Waals surface area contributed by atoms with Crippen molar-refractivity contribution < 1.29 is 9.18 Å². The van der Waals surface area contributed by atoms with Crippen LogP contribution in [0, 0.1) is 12.7 Å². The van der Waals surface area contributed by atoms with Crippen LogP contribution in [0.25, 0.3) is 0 Å². The number of rotatable bonds is 3. The summed E-state index contributed by atoms with van der Waals surface area (Å²) in [6.45, 7) is 1.88. The standard InChI is InChI=1S/C12H11FN2OS/c1-7-15-9(6-17-7)5-12(16)8-2-3-11(14)10(13)4-8/h2-4,6H,5,14H2,1H3. The molecule has 1 aromatic heterocycles. The third-order valence-corrected chi connectivity index (χ3v) is 3.15. The van der Waals surface area contributed by atoms with Crippen LogP contribution in [0.1, 0.15) is 21.1 Å². The van der Waals surface area contributed by atoms with Crippen molar-refractivity contribution in [1.29, 1.82) is 0 Å². The van der Waals surface area contributed by atoms with Crippen molar-refractivity contribution in [3.05, 3.63) is 45.7 Å². The fourth-order valence-electron chi connectivity index (χ4n) is 1.46. The van der Waals surface area contributed by atoms with Crippen LogP contribution in [-0.4, -0.2) is 10.8 Å². The maximum Gasteiger partial charge on any atom is 0.168 e. The van der Waals surface area contributed by atoms with Gasteiger partial charge in [-0.3, -0.25) is 4.79 Å². The first-order valence-corrected chi connectivity index (χ1v) is 5.93. The summed E-state index contributed by atoms with van der Waals surface area (Å²) in [5, 5.41) is 2.75. The van der Waals surface area contributed by atoms with Gasteiger partial charge in [-0.25, -0.2) is 9.37 Å². The molecule has 1 aromatic carbocycles. The molecule has 0 unspecified atom stereocenters. The molecule has 0 radical (unpaired) electrons. The van der Waals surface area contributed by atoms with Crippen LogP contribution in [0.3, 0.4) is 0 Å². The lowest BCUT2D eigenvalue weighted by Crippen LogP contribution is -2.05. The molecule has 0 spiro atoms. The second-order valence-corrected chi connectivity index (χ2v) is 4.76. The number of ketones is 1. The maximum absolute atomic E-state index is 13.2. The lowest BCUT2D eigenvalue weighted by Gasteiger charge is -2.01. The first-order chi connectivity index (χ1) is 8.06. The van der Waals surface area contributed by atoms with Gasteiger partial charge in [0.2, 0.25) is 0 Å². The Morgan fingerprint density at radius 2 is 2.29 bits per heavy atom. The fourth-order valence-corrected chi connectivity index (χ4v) is 2.07. The zero-order valence-corrected chi connectivity index (χ0v) is 10.1. The van der Waals surface area contributed by atoms with Crippen molar-refractivity contribution >= 4 is 22.8 Å². The molecule has 17 heavy (non-hydrogen) atoms. The fraction of sp³-hybridized carbons (Fsp3) is 0.167. The molecular weight excluding hydrogens is 239 g/mol. The number of nitrogens with zero attached hydrogens (tertiary/aromatic N) is 1. The Hall–Kier alpha value is -1.75. The molecule has 1 heterocycles. The van der Waals surface area contributed by atoms with E-state index in [4.69, 9.17) is 5.73 Å². The number of aromatic nitrogens is 1. The minimum Gasteiger partial charge on any atom is -0.396 e. The van der Waals surface area contributed by atoms with Gasteiger partial charge in [0, 0.05) is 10.9 Å². The number of benzene rings is 1. The molecule has 0 atom stereocenters. The summed E-state index contributed by atoms with van der Waals surface area (Å²) in [4.78, 5) is 16.0. The number of thiazole rings is 1. The van der Waals surface area contributed by atoms with Crippen LogP contribution in [0.5, 0.6) is 0 Å². The van der Waals surface area contributed by atoms with Crippen LogP contribution in [-0.2, 0) is 6.42 Å². The van der Waals surface area contributed by atoms with E-state index in [2.05, 4.69) is 4.98 Å². The summed E-state index contributed by atoms with van der Waals surface area (Å²) >= 11 is 1.49. The molecule has 2 rings (SSSR count). The zero-order valence-electron chi connectivity index (χ0n) is 9.24. The normalized spacial score (nSPS) is 10.5. The molecule has 0 bridgehead atoms. The summed E-state index contributed by atoms with van der Waals surface area (Å²) in [6, 6.07) is 4.09. The number of Topliss-reactive ketones (excluding diaryl/α,β-unsaturated/α-hetero) is 1. The third kappa shape index (κ3) is 2.68. The monoisotopic (exact) mass is 250 g/mol. The molecule has 0 fully saturated rings. The molecule has 88 valence electrons. The highest BCUT2D eigenvalue weighted by atomic mass is 32.1. The molecule has 2 N–H and O–H groups in total. The Morgan fingerprint density at radius 3 is 2.88 bits per heavy atom. The molecule has 5 heteroatoms. The molecule has 0 saturated heterocycles. The van der Waals surface area contributed by atoms with Gasteiger partial charge in [0.05, 0.1) is 22.8 Å². The molecule has 0 saturated carbocycles. The van der Waals surface area contributed by atoms with Crippen molar-refractivity contribution in [2.24, 2.45) is 0 Å². The lowest BCUT2D eigenvalue weighted by atomic mass is 10.1. The minimum atomic E-state index is -0.565. The van der Waals surface area contributed by atoms with E-state index < -0.39 is 5.82 Å². The van der Waals surface area contributed by atoms with Gasteiger partial charge in [-0.15, -0.1) is 11.3 Å². The SMILES string of the molecule is Cc1nc(CC(=O)c2ccc(N)c(F)c2)cs1.